The van der Waals surface area contributed by atoms with Gasteiger partial charge in [0.1, 0.15) is 0 Å². The van der Waals surface area contributed by atoms with Gasteiger partial charge >= 0.3 is 20.4 Å². The second-order valence-electron chi connectivity index (χ2n) is 2.54. The molecule has 0 rings (SSSR count). The standard InChI is InChI=1S/2C3H7.ClH.Mg/c2*1-3-2;;/h3H,1-2H3;1,3H2,2H3;1H;. The van der Waals surface area contributed by atoms with Gasteiger partial charge in [-0.3, -0.25) is 0 Å². The Labute approximate surface area is 68.6 Å². The Hall–Kier alpha value is 1.06. The maximum Gasteiger partial charge on any atom is 0.367 e. The quantitative estimate of drug-likeness (QED) is 0.538. The minimum absolute atomic E-state index is 0. The number of halogens is 1. The van der Waals surface area contributed by atoms with Crippen molar-refractivity contribution in [3.63, 3.8) is 0 Å². The van der Waals surface area contributed by atoms with Crippen LogP contribution in [0.25, 0.3) is 0 Å². The lowest BCUT2D eigenvalue weighted by atomic mass is 10.5. The Kier molecular flexibility index (Phi) is 11.9. The molecular formula is C6H15ClMg. The van der Waals surface area contributed by atoms with E-state index in [9.17, 15) is 0 Å². The first-order chi connectivity index (χ1) is 3.27. The minimum Gasteiger partial charge on any atom is -0.147 e. The molecule has 0 atom stereocenters. The van der Waals surface area contributed by atoms with Gasteiger partial charge < -0.3 is 0 Å². The van der Waals surface area contributed by atoms with Gasteiger partial charge in [0, 0.05) is 0 Å². The smallest absolute Gasteiger partial charge is 0.147 e. The number of rotatable bonds is 3. The summed E-state index contributed by atoms with van der Waals surface area (Å²) in [6.07, 6.45) is 1.41. The Morgan fingerprint density at radius 3 is 2.00 bits per heavy atom. The molecule has 0 radical (unpaired) electrons. The number of hydrogen-bond donors (Lipinski definition) is 0. The molecule has 0 aliphatic carbocycles. The Morgan fingerprint density at radius 1 is 1.38 bits per heavy atom. The highest BCUT2D eigenvalue weighted by Crippen LogP contribution is 2.00. The van der Waals surface area contributed by atoms with E-state index in [1.807, 2.05) is 0 Å². The zero-order chi connectivity index (χ0) is 5.70. The summed E-state index contributed by atoms with van der Waals surface area (Å²) < 4.78 is 2.58. The first kappa shape index (κ1) is 11.8. The third-order valence-electron chi connectivity index (χ3n) is 1.14. The molecule has 0 aliphatic rings. The van der Waals surface area contributed by atoms with Gasteiger partial charge in [0.2, 0.25) is 0 Å². The largest absolute Gasteiger partial charge is 0.367 e. The van der Waals surface area contributed by atoms with Gasteiger partial charge in [-0.15, -0.1) is 21.0 Å². The Bertz CT molecular complexity index is 37.5. The lowest BCUT2D eigenvalue weighted by Crippen LogP contribution is -1.91. The SMILES string of the molecule is CC[CH2][Mg][CH](C)C.Cl. The zero-order valence-electron chi connectivity index (χ0n) is 6.11. The number of hydrogen-bond acceptors (Lipinski definition) is 0. The van der Waals surface area contributed by atoms with Crippen molar-refractivity contribution < 1.29 is 0 Å². The summed E-state index contributed by atoms with van der Waals surface area (Å²) in [4.78, 5) is 0. The van der Waals surface area contributed by atoms with E-state index in [0.717, 1.165) is 4.05 Å². The molecule has 0 fully saturated rings. The molecule has 0 N–H and O–H groups in total. The fourth-order valence-electron chi connectivity index (χ4n) is 0.612. The van der Waals surface area contributed by atoms with Gasteiger partial charge in [-0.25, -0.2) is 0 Å². The molecule has 0 saturated heterocycles. The van der Waals surface area contributed by atoms with Gasteiger partial charge in [0.25, 0.3) is 0 Å². The van der Waals surface area contributed by atoms with Crippen LogP contribution in [0.4, 0.5) is 0 Å². The molecule has 0 bridgehead atoms. The lowest BCUT2D eigenvalue weighted by molar-refractivity contribution is 1.00. The summed E-state index contributed by atoms with van der Waals surface area (Å²) in [6, 6.07) is 0. The first-order valence-electron chi connectivity index (χ1n) is 3.27. The molecule has 0 nitrogen and oxygen atoms in total. The maximum atomic E-state index is 2.34. The third-order valence-corrected chi connectivity index (χ3v) is 3.41. The minimum atomic E-state index is 0. The van der Waals surface area contributed by atoms with Crippen LogP contribution in [0.5, 0.6) is 0 Å². The molecule has 0 heterocycles. The normalized spacial score (nSPS) is 8.00. The summed E-state index contributed by atoms with van der Waals surface area (Å²) in [7, 11) is 0. The first-order valence-corrected chi connectivity index (χ1v) is 5.09. The van der Waals surface area contributed by atoms with Crippen LogP contribution in [-0.2, 0) is 0 Å². The lowest BCUT2D eigenvalue weighted by Gasteiger charge is -1.95. The van der Waals surface area contributed by atoms with E-state index in [1.54, 1.807) is 0 Å². The van der Waals surface area contributed by atoms with Gasteiger partial charge in [-0.05, 0) is 0 Å². The summed E-state index contributed by atoms with van der Waals surface area (Å²) in [5.41, 5.74) is 0. The summed E-state index contributed by atoms with van der Waals surface area (Å²) >= 11 is 0.346. The van der Waals surface area contributed by atoms with Gasteiger partial charge in [-0.2, -0.15) is 0 Å². The van der Waals surface area contributed by atoms with Gasteiger partial charge in [0.05, 0.1) is 0 Å². The molecular weight excluding hydrogens is 132 g/mol. The molecule has 0 unspecified atom stereocenters. The van der Waals surface area contributed by atoms with Crippen LogP contribution >= 0.6 is 12.4 Å². The molecule has 8 heavy (non-hydrogen) atoms. The fourth-order valence-corrected chi connectivity index (χ4v) is 1.84. The van der Waals surface area contributed by atoms with Crippen molar-refractivity contribution in [2.24, 2.45) is 0 Å². The Balaban J connectivity index is 0. The van der Waals surface area contributed by atoms with E-state index >= 15 is 0 Å². The molecule has 0 aliphatic heterocycles. The predicted octanol–water partition coefficient (Wildman–Crippen LogP) is 2.77. The second-order valence-corrected chi connectivity index (χ2v) is 5.45. The Morgan fingerprint density at radius 2 is 1.88 bits per heavy atom. The van der Waals surface area contributed by atoms with Crippen LogP contribution in [0.1, 0.15) is 27.2 Å². The van der Waals surface area contributed by atoms with Crippen LogP contribution in [0.2, 0.25) is 8.60 Å². The topological polar surface area (TPSA) is 0 Å². The highest BCUT2D eigenvalue weighted by atomic mass is 35.5. The molecule has 0 saturated carbocycles. The van der Waals surface area contributed by atoms with E-state index in [0.29, 0.717) is 20.4 Å². The van der Waals surface area contributed by atoms with Crippen molar-refractivity contribution in [2.75, 3.05) is 0 Å². The van der Waals surface area contributed by atoms with Crippen molar-refractivity contribution in [2.45, 2.75) is 35.8 Å². The molecule has 0 spiro atoms. The second kappa shape index (κ2) is 8.06. The maximum absolute atomic E-state index is 2.34. The van der Waals surface area contributed by atoms with Crippen molar-refractivity contribution in [1.29, 1.82) is 0 Å². The molecule has 0 aromatic carbocycles. The van der Waals surface area contributed by atoms with E-state index in [4.69, 9.17) is 0 Å². The molecule has 0 aromatic heterocycles. The van der Waals surface area contributed by atoms with Crippen LogP contribution in [0.3, 0.4) is 0 Å². The highest BCUT2D eigenvalue weighted by molar-refractivity contribution is 6.37. The van der Waals surface area contributed by atoms with Crippen molar-refractivity contribution in [3.8, 4) is 0 Å². The summed E-state index contributed by atoms with van der Waals surface area (Å²) in [5.74, 6) is 0. The van der Waals surface area contributed by atoms with Crippen molar-refractivity contribution >= 4 is 32.8 Å². The van der Waals surface area contributed by atoms with E-state index in [2.05, 4.69) is 20.8 Å². The molecule has 2 heteroatoms. The van der Waals surface area contributed by atoms with Gasteiger partial charge in [-0.1, -0.05) is 27.2 Å². The van der Waals surface area contributed by atoms with Crippen LogP contribution in [0, 0.1) is 0 Å². The molecule has 48 valence electrons. The highest BCUT2D eigenvalue weighted by Gasteiger charge is 1.96. The van der Waals surface area contributed by atoms with Crippen LogP contribution in [0.15, 0.2) is 0 Å². The third kappa shape index (κ3) is 10.1. The van der Waals surface area contributed by atoms with E-state index in [-0.39, 0.29) is 12.4 Å². The average molecular weight is 147 g/mol. The summed E-state index contributed by atoms with van der Waals surface area (Å²) in [6.45, 7) is 6.94. The van der Waals surface area contributed by atoms with Gasteiger partial charge in [0.15, 0.2) is 0 Å². The zero-order valence-corrected chi connectivity index (χ0v) is 8.34. The van der Waals surface area contributed by atoms with Crippen LogP contribution in [-0.4, -0.2) is 20.4 Å². The monoisotopic (exact) mass is 146 g/mol. The molecule has 0 aromatic rings. The summed E-state index contributed by atoms with van der Waals surface area (Å²) in [5, 5.41) is 0. The predicted molar refractivity (Wildman–Crippen MR) is 43.2 cm³/mol. The van der Waals surface area contributed by atoms with E-state index in [1.165, 1.54) is 11.0 Å². The molecule has 0 amide bonds. The van der Waals surface area contributed by atoms with Crippen molar-refractivity contribution in [3.05, 3.63) is 0 Å². The van der Waals surface area contributed by atoms with E-state index < -0.39 is 0 Å². The average Bonchev–Trinajstić information content (AvgIpc) is 1.61. The van der Waals surface area contributed by atoms with Crippen molar-refractivity contribution in [1.82, 2.24) is 0 Å². The fraction of sp³-hybridized carbons (Fsp3) is 1.00. The van der Waals surface area contributed by atoms with Crippen LogP contribution < -0.4 is 0 Å².